The lowest BCUT2D eigenvalue weighted by atomic mass is 10.2. The molecule has 0 saturated carbocycles. The minimum absolute atomic E-state index is 0.0442. The molecule has 1 rings (SSSR count). The van der Waals surface area contributed by atoms with Gasteiger partial charge >= 0.3 is 6.03 Å². The van der Waals surface area contributed by atoms with Crippen LogP contribution in [0.3, 0.4) is 0 Å². The zero-order chi connectivity index (χ0) is 14.8. The van der Waals surface area contributed by atoms with E-state index in [0.717, 1.165) is 5.56 Å². The monoisotopic (exact) mass is 298 g/mol. The van der Waals surface area contributed by atoms with Crippen molar-refractivity contribution in [3.05, 3.63) is 35.9 Å². The van der Waals surface area contributed by atoms with E-state index in [0.29, 0.717) is 24.5 Å². The van der Waals surface area contributed by atoms with Crippen molar-refractivity contribution in [1.82, 2.24) is 10.6 Å². The van der Waals surface area contributed by atoms with E-state index in [1.54, 1.807) is 0 Å². The molecule has 1 aromatic rings. The highest BCUT2D eigenvalue weighted by Gasteiger charge is 2.07. The average Bonchev–Trinajstić information content (AvgIpc) is 2.39. The number of benzene rings is 1. The summed E-state index contributed by atoms with van der Waals surface area (Å²) in [5.41, 5.74) is 1.03. The molecular weight excluding hydrogens is 276 g/mol. The second-order valence-corrected chi connectivity index (χ2v) is 6.16. The van der Waals surface area contributed by atoms with Crippen molar-refractivity contribution >= 4 is 16.8 Å². The minimum Gasteiger partial charge on any atom is -0.396 e. The van der Waals surface area contributed by atoms with Crippen molar-refractivity contribution in [1.29, 1.82) is 0 Å². The van der Waals surface area contributed by atoms with Crippen molar-refractivity contribution in [2.24, 2.45) is 0 Å². The second kappa shape index (κ2) is 9.50. The maximum Gasteiger partial charge on any atom is 0.315 e. The Morgan fingerprint density at radius 3 is 2.70 bits per heavy atom. The van der Waals surface area contributed by atoms with Gasteiger partial charge in [-0.2, -0.15) is 0 Å². The minimum atomic E-state index is -0.986. The van der Waals surface area contributed by atoms with Gasteiger partial charge in [0.1, 0.15) is 0 Å². The highest BCUT2D eigenvalue weighted by Crippen LogP contribution is 2.02. The summed E-state index contributed by atoms with van der Waals surface area (Å²) in [6.45, 7) is 2.24. The molecule has 0 aliphatic carbocycles. The third kappa shape index (κ3) is 7.25. The number of amides is 2. The zero-order valence-corrected chi connectivity index (χ0v) is 12.5. The van der Waals surface area contributed by atoms with Gasteiger partial charge in [0.05, 0.1) is 0 Å². The molecule has 2 atom stereocenters. The van der Waals surface area contributed by atoms with Crippen LogP contribution < -0.4 is 10.6 Å². The van der Waals surface area contributed by atoms with Crippen LogP contribution in [0.5, 0.6) is 0 Å². The van der Waals surface area contributed by atoms with Crippen LogP contribution in [0.1, 0.15) is 18.9 Å². The number of urea groups is 1. The first-order valence-electron chi connectivity index (χ1n) is 6.66. The Morgan fingerprint density at radius 2 is 2.05 bits per heavy atom. The molecule has 0 aliphatic rings. The van der Waals surface area contributed by atoms with Crippen molar-refractivity contribution in [2.45, 2.75) is 25.1 Å². The summed E-state index contributed by atoms with van der Waals surface area (Å²) in [5, 5.41) is 14.1. The maximum absolute atomic E-state index is 11.8. The Hall–Kier alpha value is -1.40. The Labute approximate surface area is 122 Å². The van der Waals surface area contributed by atoms with Gasteiger partial charge in [0.15, 0.2) is 0 Å². The lowest BCUT2D eigenvalue weighted by molar-refractivity contribution is 0.231. The van der Waals surface area contributed by atoms with Crippen molar-refractivity contribution in [3.8, 4) is 0 Å². The SMILES string of the molecule is C[C@H](CCO)NC(=O)NCCS(=O)Cc1ccccc1. The first kappa shape index (κ1) is 16.7. The Balaban J connectivity index is 2.17. The molecule has 0 heterocycles. The fraction of sp³-hybridized carbons (Fsp3) is 0.500. The molecule has 1 unspecified atom stereocenters. The van der Waals surface area contributed by atoms with Gasteiger partial charge in [-0.05, 0) is 18.9 Å². The summed E-state index contributed by atoms with van der Waals surface area (Å²) in [7, 11) is -0.986. The lowest BCUT2D eigenvalue weighted by Gasteiger charge is -2.13. The van der Waals surface area contributed by atoms with E-state index in [4.69, 9.17) is 5.11 Å². The van der Waals surface area contributed by atoms with E-state index in [9.17, 15) is 9.00 Å². The number of hydrogen-bond donors (Lipinski definition) is 3. The largest absolute Gasteiger partial charge is 0.396 e. The Morgan fingerprint density at radius 1 is 1.35 bits per heavy atom. The van der Waals surface area contributed by atoms with Crippen LogP contribution in [0.4, 0.5) is 4.79 Å². The van der Waals surface area contributed by atoms with Gasteiger partial charge in [-0.25, -0.2) is 4.79 Å². The van der Waals surface area contributed by atoms with Gasteiger partial charge in [0.25, 0.3) is 0 Å². The number of carbonyl (C=O) groups is 1. The first-order valence-corrected chi connectivity index (χ1v) is 8.14. The van der Waals surface area contributed by atoms with E-state index in [1.807, 2.05) is 37.3 Å². The molecule has 2 amide bonds. The molecule has 3 N–H and O–H groups in total. The van der Waals surface area contributed by atoms with Crippen molar-refractivity contribution in [2.75, 3.05) is 18.9 Å². The van der Waals surface area contributed by atoms with Crippen LogP contribution >= 0.6 is 0 Å². The quantitative estimate of drug-likeness (QED) is 0.670. The summed E-state index contributed by atoms with van der Waals surface area (Å²) < 4.78 is 11.8. The van der Waals surface area contributed by atoms with Crippen molar-refractivity contribution in [3.63, 3.8) is 0 Å². The fourth-order valence-corrected chi connectivity index (χ4v) is 2.69. The Bertz CT molecular complexity index is 426. The van der Waals surface area contributed by atoms with Crippen molar-refractivity contribution < 1.29 is 14.1 Å². The van der Waals surface area contributed by atoms with Gasteiger partial charge in [0.2, 0.25) is 0 Å². The van der Waals surface area contributed by atoms with Gasteiger partial charge in [-0.3, -0.25) is 4.21 Å². The number of rotatable bonds is 8. The van der Waals surface area contributed by atoms with Crippen LogP contribution in [0.15, 0.2) is 30.3 Å². The molecule has 1 aromatic carbocycles. The average molecular weight is 298 g/mol. The van der Waals surface area contributed by atoms with Crippen LogP contribution in [-0.4, -0.2) is 40.3 Å². The van der Waals surface area contributed by atoms with Gasteiger partial charge in [0, 0.05) is 41.5 Å². The predicted octanol–water partition coefficient (Wildman–Crippen LogP) is 1.01. The predicted molar refractivity (Wildman–Crippen MR) is 80.9 cm³/mol. The summed E-state index contributed by atoms with van der Waals surface area (Å²) in [6, 6.07) is 9.27. The molecule has 6 heteroatoms. The molecular formula is C14H22N2O3S. The molecule has 5 nitrogen and oxygen atoms in total. The number of aliphatic hydroxyl groups is 1. The summed E-state index contributed by atoms with van der Waals surface area (Å²) in [5.74, 6) is 0.932. The first-order chi connectivity index (χ1) is 9.61. The fourth-order valence-electron chi connectivity index (χ4n) is 1.65. The second-order valence-electron chi connectivity index (χ2n) is 4.59. The topological polar surface area (TPSA) is 78.4 Å². The highest BCUT2D eigenvalue weighted by atomic mass is 32.2. The zero-order valence-electron chi connectivity index (χ0n) is 11.7. The van der Waals surface area contributed by atoms with Gasteiger partial charge in [-0.15, -0.1) is 0 Å². The van der Waals surface area contributed by atoms with Crippen LogP contribution in [0.25, 0.3) is 0 Å². The normalized spacial score (nSPS) is 13.5. The molecule has 0 aromatic heterocycles. The molecule has 0 bridgehead atoms. The third-order valence-electron chi connectivity index (χ3n) is 2.73. The van der Waals surface area contributed by atoms with E-state index in [2.05, 4.69) is 10.6 Å². The number of carbonyl (C=O) groups excluding carboxylic acids is 1. The van der Waals surface area contributed by atoms with Crippen LogP contribution in [0, 0.1) is 0 Å². The van der Waals surface area contributed by atoms with E-state index < -0.39 is 10.8 Å². The Kier molecular flexibility index (Phi) is 7.91. The summed E-state index contributed by atoms with van der Waals surface area (Å²) in [6.07, 6.45) is 0.521. The number of hydrogen-bond acceptors (Lipinski definition) is 3. The van der Waals surface area contributed by atoms with Gasteiger partial charge in [-0.1, -0.05) is 30.3 Å². The van der Waals surface area contributed by atoms with E-state index in [-0.39, 0.29) is 18.7 Å². The molecule has 0 fully saturated rings. The summed E-state index contributed by atoms with van der Waals surface area (Å²) >= 11 is 0. The molecule has 0 radical (unpaired) electrons. The number of nitrogens with one attached hydrogen (secondary N) is 2. The highest BCUT2D eigenvalue weighted by molar-refractivity contribution is 7.84. The molecule has 0 aliphatic heterocycles. The molecule has 112 valence electrons. The lowest BCUT2D eigenvalue weighted by Crippen LogP contribution is -2.42. The third-order valence-corrected chi connectivity index (χ3v) is 4.04. The van der Waals surface area contributed by atoms with E-state index >= 15 is 0 Å². The van der Waals surface area contributed by atoms with Crippen LogP contribution in [0.2, 0.25) is 0 Å². The summed E-state index contributed by atoms with van der Waals surface area (Å²) in [4.78, 5) is 11.5. The molecule has 20 heavy (non-hydrogen) atoms. The smallest absolute Gasteiger partial charge is 0.315 e. The van der Waals surface area contributed by atoms with Crippen LogP contribution in [-0.2, 0) is 16.6 Å². The van der Waals surface area contributed by atoms with E-state index in [1.165, 1.54) is 0 Å². The number of aliphatic hydroxyl groups excluding tert-OH is 1. The molecule has 0 spiro atoms. The standard InChI is InChI=1S/C14H22N2O3S/c1-12(7-9-17)16-14(18)15-8-10-20(19)11-13-5-3-2-4-6-13/h2-6,12,17H,7-11H2,1H3,(H2,15,16,18)/t12-,20?/m1/s1. The maximum atomic E-state index is 11.8. The van der Waals surface area contributed by atoms with Gasteiger partial charge < -0.3 is 15.7 Å². The molecule has 0 saturated heterocycles.